The van der Waals surface area contributed by atoms with Crippen LogP contribution >= 0.6 is 11.3 Å². The SMILES string of the molecule is CC(C)Oc1ccc(C(=O)c2cccs2)c(OC(C)C)c1. The van der Waals surface area contributed by atoms with Gasteiger partial charge in [-0.05, 0) is 51.3 Å². The molecule has 0 aliphatic carbocycles. The van der Waals surface area contributed by atoms with Crippen LogP contribution in [0.5, 0.6) is 11.5 Å². The first-order valence-corrected chi connectivity index (χ1v) is 7.91. The largest absolute Gasteiger partial charge is 0.491 e. The van der Waals surface area contributed by atoms with Crippen molar-refractivity contribution in [2.75, 3.05) is 0 Å². The van der Waals surface area contributed by atoms with Crippen molar-refractivity contribution in [2.24, 2.45) is 0 Å². The third-order valence-electron chi connectivity index (χ3n) is 2.68. The van der Waals surface area contributed by atoms with Crippen LogP contribution in [0.3, 0.4) is 0 Å². The van der Waals surface area contributed by atoms with E-state index in [-0.39, 0.29) is 18.0 Å². The van der Waals surface area contributed by atoms with Gasteiger partial charge in [-0.3, -0.25) is 4.79 Å². The van der Waals surface area contributed by atoms with E-state index in [1.807, 2.05) is 51.3 Å². The number of ether oxygens (including phenoxy) is 2. The third-order valence-corrected chi connectivity index (χ3v) is 3.55. The van der Waals surface area contributed by atoms with Gasteiger partial charge in [0.15, 0.2) is 0 Å². The molecule has 1 aromatic heterocycles. The third kappa shape index (κ3) is 4.08. The highest BCUT2D eigenvalue weighted by molar-refractivity contribution is 7.12. The molecular weight excluding hydrogens is 284 g/mol. The van der Waals surface area contributed by atoms with E-state index in [1.165, 1.54) is 11.3 Å². The smallest absolute Gasteiger partial charge is 0.206 e. The van der Waals surface area contributed by atoms with E-state index < -0.39 is 0 Å². The van der Waals surface area contributed by atoms with Gasteiger partial charge in [0.05, 0.1) is 22.6 Å². The summed E-state index contributed by atoms with van der Waals surface area (Å²) in [5.41, 5.74) is 0.572. The fourth-order valence-electron chi connectivity index (χ4n) is 1.93. The second-order valence-corrected chi connectivity index (χ2v) is 6.25. The number of benzene rings is 1. The Morgan fingerprint density at radius 1 is 1.05 bits per heavy atom. The first-order chi connectivity index (χ1) is 9.97. The molecule has 0 bridgehead atoms. The highest BCUT2D eigenvalue weighted by Crippen LogP contribution is 2.29. The van der Waals surface area contributed by atoms with Crippen LogP contribution in [0.25, 0.3) is 0 Å². The standard InChI is InChI=1S/C17H20O3S/c1-11(2)19-13-7-8-14(15(10-13)20-12(3)4)17(18)16-6-5-9-21-16/h5-12H,1-4H3. The molecule has 0 aliphatic rings. The zero-order chi connectivity index (χ0) is 15.4. The van der Waals surface area contributed by atoms with Crippen molar-refractivity contribution in [1.29, 1.82) is 0 Å². The van der Waals surface area contributed by atoms with E-state index in [2.05, 4.69) is 0 Å². The molecule has 112 valence electrons. The van der Waals surface area contributed by atoms with Gasteiger partial charge in [-0.2, -0.15) is 0 Å². The summed E-state index contributed by atoms with van der Waals surface area (Å²) in [6.07, 6.45) is 0.0740. The Kier molecular flexibility index (Phi) is 5.02. The summed E-state index contributed by atoms with van der Waals surface area (Å²) in [7, 11) is 0. The number of carbonyl (C=O) groups is 1. The number of rotatable bonds is 6. The van der Waals surface area contributed by atoms with Gasteiger partial charge in [0.2, 0.25) is 5.78 Å². The first-order valence-electron chi connectivity index (χ1n) is 7.03. The summed E-state index contributed by atoms with van der Waals surface area (Å²) in [5.74, 6) is 1.27. The lowest BCUT2D eigenvalue weighted by atomic mass is 10.1. The van der Waals surface area contributed by atoms with Gasteiger partial charge >= 0.3 is 0 Å². The molecule has 0 saturated carbocycles. The quantitative estimate of drug-likeness (QED) is 0.734. The first kappa shape index (κ1) is 15.6. The fraction of sp³-hybridized carbons (Fsp3) is 0.353. The van der Waals surface area contributed by atoms with E-state index in [4.69, 9.17) is 9.47 Å². The van der Waals surface area contributed by atoms with Gasteiger partial charge in [-0.15, -0.1) is 11.3 Å². The molecule has 2 aromatic rings. The molecule has 0 radical (unpaired) electrons. The topological polar surface area (TPSA) is 35.5 Å². The van der Waals surface area contributed by atoms with Crippen molar-refractivity contribution >= 4 is 17.1 Å². The molecule has 0 N–H and O–H groups in total. The van der Waals surface area contributed by atoms with Crippen LogP contribution in [0.2, 0.25) is 0 Å². The summed E-state index contributed by atoms with van der Waals surface area (Å²) in [4.78, 5) is 13.2. The molecule has 0 spiro atoms. The van der Waals surface area contributed by atoms with Gasteiger partial charge < -0.3 is 9.47 Å². The monoisotopic (exact) mass is 304 g/mol. The number of hydrogen-bond acceptors (Lipinski definition) is 4. The molecule has 0 fully saturated rings. The van der Waals surface area contributed by atoms with Crippen molar-refractivity contribution in [2.45, 2.75) is 39.9 Å². The van der Waals surface area contributed by atoms with Crippen LogP contribution in [0, 0.1) is 0 Å². The Morgan fingerprint density at radius 2 is 1.76 bits per heavy atom. The lowest BCUT2D eigenvalue weighted by Crippen LogP contribution is -2.11. The van der Waals surface area contributed by atoms with Gasteiger partial charge in [0.1, 0.15) is 11.5 Å². The molecule has 4 heteroatoms. The normalized spacial score (nSPS) is 11.0. The van der Waals surface area contributed by atoms with Gasteiger partial charge in [0, 0.05) is 6.07 Å². The van der Waals surface area contributed by atoms with Crippen LogP contribution in [-0.4, -0.2) is 18.0 Å². The summed E-state index contributed by atoms with van der Waals surface area (Å²) < 4.78 is 11.5. The van der Waals surface area contributed by atoms with Crippen molar-refractivity contribution in [3.8, 4) is 11.5 Å². The zero-order valence-electron chi connectivity index (χ0n) is 12.8. The van der Waals surface area contributed by atoms with Crippen LogP contribution in [0.1, 0.15) is 42.9 Å². The molecule has 2 rings (SSSR count). The number of hydrogen-bond donors (Lipinski definition) is 0. The molecule has 0 saturated heterocycles. The Balaban J connectivity index is 2.37. The predicted octanol–water partition coefficient (Wildman–Crippen LogP) is 4.55. The van der Waals surface area contributed by atoms with Gasteiger partial charge in [-0.1, -0.05) is 6.07 Å². The van der Waals surface area contributed by atoms with E-state index in [1.54, 1.807) is 12.1 Å². The van der Waals surface area contributed by atoms with Gasteiger partial charge in [0.25, 0.3) is 0 Å². The van der Waals surface area contributed by atoms with E-state index in [0.29, 0.717) is 21.9 Å². The Morgan fingerprint density at radius 3 is 2.33 bits per heavy atom. The summed E-state index contributed by atoms with van der Waals surface area (Å²) in [6.45, 7) is 7.81. The molecule has 1 heterocycles. The average molecular weight is 304 g/mol. The van der Waals surface area contributed by atoms with Crippen molar-refractivity contribution in [1.82, 2.24) is 0 Å². The van der Waals surface area contributed by atoms with Crippen LogP contribution in [-0.2, 0) is 0 Å². The molecule has 3 nitrogen and oxygen atoms in total. The molecular formula is C17H20O3S. The average Bonchev–Trinajstić information content (AvgIpc) is 2.90. The predicted molar refractivity (Wildman–Crippen MR) is 85.7 cm³/mol. The zero-order valence-corrected chi connectivity index (χ0v) is 13.6. The summed E-state index contributed by atoms with van der Waals surface area (Å²) in [6, 6.07) is 9.08. The minimum Gasteiger partial charge on any atom is -0.491 e. The molecule has 0 unspecified atom stereocenters. The highest BCUT2D eigenvalue weighted by atomic mass is 32.1. The second kappa shape index (κ2) is 6.76. The number of carbonyl (C=O) groups excluding carboxylic acids is 1. The number of thiophene rings is 1. The van der Waals surface area contributed by atoms with E-state index in [0.717, 1.165) is 0 Å². The maximum atomic E-state index is 12.5. The van der Waals surface area contributed by atoms with Crippen LogP contribution in [0.15, 0.2) is 35.7 Å². The fourth-order valence-corrected chi connectivity index (χ4v) is 2.61. The van der Waals surface area contributed by atoms with Crippen molar-refractivity contribution in [3.63, 3.8) is 0 Å². The van der Waals surface area contributed by atoms with E-state index >= 15 is 0 Å². The van der Waals surface area contributed by atoms with Crippen molar-refractivity contribution in [3.05, 3.63) is 46.2 Å². The molecule has 21 heavy (non-hydrogen) atoms. The lowest BCUT2D eigenvalue weighted by Gasteiger charge is -2.16. The molecule has 0 aliphatic heterocycles. The molecule has 1 aromatic carbocycles. The maximum absolute atomic E-state index is 12.5. The molecule has 0 amide bonds. The minimum atomic E-state index is -0.0169. The summed E-state index contributed by atoms with van der Waals surface area (Å²) in [5, 5.41) is 1.90. The minimum absolute atomic E-state index is 0.00538. The maximum Gasteiger partial charge on any atom is 0.206 e. The van der Waals surface area contributed by atoms with Crippen LogP contribution in [0.4, 0.5) is 0 Å². The highest BCUT2D eigenvalue weighted by Gasteiger charge is 2.17. The second-order valence-electron chi connectivity index (χ2n) is 5.30. The van der Waals surface area contributed by atoms with E-state index in [9.17, 15) is 4.79 Å². The lowest BCUT2D eigenvalue weighted by molar-refractivity contribution is 0.103. The Hall–Kier alpha value is -1.81. The van der Waals surface area contributed by atoms with Gasteiger partial charge in [-0.25, -0.2) is 0 Å². The van der Waals surface area contributed by atoms with Crippen molar-refractivity contribution < 1.29 is 14.3 Å². The van der Waals surface area contributed by atoms with Crippen LogP contribution < -0.4 is 9.47 Å². The Labute approximate surface area is 129 Å². The Bertz CT molecular complexity index is 601. The number of ketones is 1. The molecule has 0 atom stereocenters. The summed E-state index contributed by atoms with van der Waals surface area (Å²) >= 11 is 1.43.